The van der Waals surface area contributed by atoms with E-state index < -0.39 is 5.97 Å². The molecule has 2 aliphatic rings. The van der Waals surface area contributed by atoms with Gasteiger partial charge in [-0.1, -0.05) is 0 Å². The van der Waals surface area contributed by atoms with Crippen molar-refractivity contribution in [3.05, 3.63) is 18.6 Å². The maximum Gasteiger partial charge on any atom is 0.320 e. The van der Waals surface area contributed by atoms with E-state index >= 15 is 0 Å². The van der Waals surface area contributed by atoms with Crippen molar-refractivity contribution in [2.24, 2.45) is 5.41 Å². The van der Waals surface area contributed by atoms with Crippen LogP contribution in [0, 0.1) is 5.41 Å². The van der Waals surface area contributed by atoms with Crippen LogP contribution in [-0.4, -0.2) is 51.7 Å². The van der Waals surface area contributed by atoms with Crippen molar-refractivity contribution in [2.75, 3.05) is 24.5 Å². The Morgan fingerprint density at radius 3 is 2.91 bits per heavy atom. The van der Waals surface area contributed by atoms with Crippen LogP contribution in [-0.2, 0) is 4.79 Å². The van der Waals surface area contributed by atoms with Crippen molar-refractivity contribution in [2.45, 2.75) is 25.3 Å². The summed E-state index contributed by atoms with van der Waals surface area (Å²) in [5, 5.41) is 13.4. The van der Waals surface area contributed by atoms with Gasteiger partial charge >= 0.3 is 5.97 Å². The molecule has 7 heteroatoms. The number of aliphatic carboxylic acids is 1. The summed E-state index contributed by atoms with van der Waals surface area (Å²) in [6, 6.07) is 1.62. The average molecular weight is 301 g/mol. The Balaban J connectivity index is 1.51. The van der Waals surface area contributed by atoms with Gasteiger partial charge in [0.25, 0.3) is 0 Å². The number of nitrogens with zero attached hydrogens (tertiary/aromatic N) is 3. The molecule has 22 heavy (non-hydrogen) atoms. The summed E-state index contributed by atoms with van der Waals surface area (Å²) in [7, 11) is 0. The number of carboxylic acids is 1. The smallest absolute Gasteiger partial charge is 0.320 e. The van der Waals surface area contributed by atoms with E-state index in [0.717, 1.165) is 55.7 Å². The third-order valence-corrected chi connectivity index (χ3v) is 5.12. The summed E-state index contributed by atoms with van der Waals surface area (Å²) in [5.41, 5.74) is 0.989. The molecule has 0 radical (unpaired) electrons. The first kappa shape index (κ1) is 13.5. The SMILES string of the molecule is O=C(O)[C@H]1CC2(CCN(c3ncnc4[nH]ccc34)CC2)CN1. The van der Waals surface area contributed by atoms with Crippen LogP contribution in [0.15, 0.2) is 18.6 Å². The van der Waals surface area contributed by atoms with Gasteiger partial charge in [-0.3, -0.25) is 4.79 Å². The molecule has 116 valence electrons. The van der Waals surface area contributed by atoms with Gasteiger partial charge in [0, 0.05) is 25.8 Å². The lowest BCUT2D eigenvalue weighted by Gasteiger charge is -2.39. The number of fused-ring (bicyclic) bond motifs is 1. The minimum atomic E-state index is -0.732. The van der Waals surface area contributed by atoms with Gasteiger partial charge < -0.3 is 20.3 Å². The fraction of sp³-hybridized carbons (Fsp3) is 0.533. The Kier molecular flexibility index (Phi) is 3.04. The maximum absolute atomic E-state index is 11.1. The lowest BCUT2D eigenvalue weighted by Crippen LogP contribution is -2.41. The highest BCUT2D eigenvalue weighted by molar-refractivity contribution is 5.87. The molecule has 3 N–H and O–H groups in total. The number of aromatic amines is 1. The molecule has 0 bridgehead atoms. The molecule has 4 heterocycles. The topological polar surface area (TPSA) is 94.1 Å². The highest BCUT2D eigenvalue weighted by atomic mass is 16.4. The molecular formula is C15H19N5O2. The molecule has 0 unspecified atom stereocenters. The Bertz CT molecular complexity index is 705. The molecule has 1 atom stereocenters. The predicted molar refractivity (Wildman–Crippen MR) is 81.8 cm³/mol. The zero-order valence-electron chi connectivity index (χ0n) is 12.2. The second kappa shape index (κ2) is 4.95. The van der Waals surface area contributed by atoms with Crippen LogP contribution in [0.25, 0.3) is 11.0 Å². The molecule has 4 rings (SSSR count). The number of carbonyl (C=O) groups is 1. The number of rotatable bonds is 2. The number of hydrogen-bond acceptors (Lipinski definition) is 5. The number of aromatic nitrogens is 3. The summed E-state index contributed by atoms with van der Waals surface area (Å²) >= 11 is 0. The van der Waals surface area contributed by atoms with Gasteiger partial charge in [-0.2, -0.15) is 0 Å². The first-order chi connectivity index (χ1) is 10.7. The van der Waals surface area contributed by atoms with E-state index in [1.165, 1.54) is 0 Å². The van der Waals surface area contributed by atoms with E-state index in [-0.39, 0.29) is 11.5 Å². The standard InChI is InChI=1S/C15H19N5O2/c21-14(22)11-7-15(8-17-11)2-5-20(6-3-15)13-10-1-4-16-12(10)18-9-19-13/h1,4,9,11,17H,2-3,5-8H2,(H,21,22)(H,16,18,19)/t11-/m1/s1. The highest BCUT2D eigenvalue weighted by Crippen LogP contribution is 2.40. The van der Waals surface area contributed by atoms with Crippen LogP contribution in [0.5, 0.6) is 0 Å². The van der Waals surface area contributed by atoms with Crippen molar-refractivity contribution in [1.29, 1.82) is 0 Å². The second-order valence-electron chi connectivity index (χ2n) is 6.40. The number of piperidine rings is 1. The zero-order valence-corrected chi connectivity index (χ0v) is 12.2. The van der Waals surface area contributed by atoms with Crippen LogP contribution < -0.4 is 10.2 Å². The van der Waals surface area contributed by atoms with Gasteiger partial charge in [0.15, 0.2) is 0 Å². The van der Waals surface area contributed by atoms with Crippen LogP contribution in [0.3, 0.4) is 0 Å². The molecule has 0 saturated carbocycles. The normalized spacial score (nSPS) is 24.2. The van der Waals surface area contributed by atoms with Crippen molar-refractivity contribution in [1.82, 2.24) is 20.3 Å². The maximum atomic E-state index is 11.1. The molecular weight excluding hydrogens is 282 g/mol. The van der Waals surface area contributed by atoms with Gasteiger partial charge in [0.05, 0.1) is 5.39 Å². The third-order valence-electron chi connectivity index (χ3n) is 5.12. The van der Waals surface area contributed by atoms with Crippen LogP contribution in [0.1, 0.15) is 19.3 Å². The van der Waals surface area contributed by atoms with Crippen LogP contribution in [0.2, 0.25) is 0 Å². The Hall–Kier alpha value is -2.15. The Labute approximate surface area is 127 Å². The number of hydrogen-bond donors (Lipinski definition) is 3. The fourth-order valence-electron chi connectivity index (χ4n) is 3.78. The number of H-pyrrole nitrogens is 1. The van der Waals surface area contributed by atoms with Gasteiger partial charge in [-0.25, -0.2) is 9.97 Å². The van der Waals surface area contributed by atoms with E-state index in [4.69, 9.17) is 5.11 Å². The van der Waals surface area contributed by atoms with Crippen molar-refractivity contribution >= 4 is 22.8 Å². The Morgan fingerprint density at radius 2 is 2.18 bits per heavy atom. The summed E-state index contributed by atoms with van der Waals surface area (Å²) in [4.78, 5) is 25.2. The zero-order chi connectivity index (χ0) is 15.2. The van der Waals surface area contributed by atoms with Crippen molar-refractivity contribution < 1.29 is 9.90 Å². The Morgan fingerprint density at radius 1 is 1.36 bits per heavy atom. The molecule has 2 saturated heterocycles. The summed E-state index contributed by atoms with van der Waals surface area (Å²) in [5.74, 6) is 0.242. The average Bonchev–Trinajstić information content (AvgIpc) is 3.15. The minimum absolute atomic E-state index is 0.129. The fourth-order valence-corrected chi connectivity index (χ4v) is 3.78. The second-order valence-corrected chi connectivity index (χ2v) is 6.40. The van der Waals surface area contributed by atoms with Crippen LogP contribution in [0.4, 0.5) is 5.82 Å². The quantitative estimate of drug-likeness (QED) is 0.766. The van der Waals surface area contributed by atoms with E-state index in [1.54, 1.807) is 6.33 Å². The summed E-state index contributed by atoms with van der Waals surface area (Å²) < 4.78 is 0. The van der Waals surface area contributed by atoms with E-state index in [9.17, 15) is 4.79 Å². The lowest BCUT2D eigenvalue weighted by atomic mass is 9.76. The largest absolute Gasteiger partial charge is 0.480 e. The van der Waals surface area contributed by atoms with Gasteiger partial charge in [0.1, 0.15) is 23.8 Å². The predicted octanol–water partition coefficient (Wildman–Crippen LogP) is 0.991. The highest BCUT2D eigenvalue weighted by Gasteiger charge is 2.43. The van der Waals surface area contributed by atoms with E-state index in [2.05, 4.69) is 25.2 Å². The molecule has 7 nitrogen and oxygen atoms in total. The first-order valence-electron chi connectivity index (χ1n) is 7.66. The number of carboxylic acid groups (broad SMARTS) is 1. The number of anilines is 1. The summed E-state index contributed by atoms with van der Waals surface area (Å²) in [6.07, 6.45) is 6.21. The molecule has 2 fully saturated rings. The van der Waals surface area contributed by atoms with Crippen molar-refractivity contribution in [3.63, 3.8) is 0 Å². The molecule has 0 aromatic carbocycles. The molecule has 1 spiro atoms. The molecule has 0 aliphatic carbocycles. The first-order valence-corrected chi connectivity index (χ1v) is 7.66. The monoisotopic (exact) mass is 301 g/mol. The minimum Gasteiger partial charge on any atom is -0.480 e. The molecule has 2 aromatic heterocycles. The van der Waals surface area contributed by atoms with Gasteiger partial charge in [-0.05, 0) is 30.7 Å². The summed E-state index contributed by atoms with van der Waals surface area (Å²) in [6.45, 7) is 2.62. The molecule has 0 amide bonds. The van der Waals surface area contributed by atoms with E-state index in [0.29, 0.717) is 0 Å². The van der Waals surface area contributed by atoms with Crippen LogP contribution >= 0.6 is 0 Å². The van der Waals surface area contributed by atoms with E-state index in [1.807, 2.05) is 12.3 Å². The van der Waals surface area contributed by atoms with Gasteiger partial charge in [0.2, 0.25) is 0 Å². The van der Waals surface area contributed by atoms with Gasteiger partial charge in [-0.15, -0.1) is 0 Å². The van der Waals surface area contributed by atoms with Crippen molar-refractivity contribution in [3.8, 4) is 0 Å². The molecule has 2 aromatic rings. The lowest BCUT2D eigenvalue weighted by molar-refractivity contribution is -0.139. The number of nitrogens with one attached hydrogen (secondary N) is 2. The third kappa shape index (κ3) is 2.12. The molecule has 2 aliphatic heterocycles.